The average molecular weight is 1020 g/mol. The summed E-state index contributed by atoms with van der Waals surface area (Å²) in [5.41, 5.74) is 16.3. The lowest BCUT2D eigenvalue weighted by Crippen LogP contribution is -2.38. The Morgan fingerprint density at radius 3 is 1.62 bits per heavy atom. The lowest BCUT2D eigenvalue weighted by molar-refractivity contribution is -0.0616. The Labute approximate surface area is 375 Å². The van der Waals surface area contributed by atoms with Gasteiger partial charge < -0.3 is 71.4 Å². The van der Waals surface area contributed by atoms with Crippen molar-refractivity contribution in [2.75, 3.05) is 37.0 Å². The Morgan fingerprint density at radius 1 is 0.603 bits per heavy atom. The van der Waals surface area contributed by atoms with E-state index >= 15 is 0 Å². The number of nitrogens with zero attached hydrogens (tertiary/aromatic N) is 11. The fourth-order valence-corrected chi connectivity index (χ4v) is 10.2. The summed E-state index contributed by atoms with van der Waals surface area (Å²) in [6, 6.07) is 0. The first-order valence-electron chi connectivity index (χ1n) is 19.4. The number of anilines is 3. The van der Waals surface area contributed by atoms with E-state index in [1.807, 2.05) is 0 Å². The molecule has 6 aromatic rings. The highest BCUT2D eigenvalue weighted by Crippen LogP contribution is 2.53. The number of aromatic amines is 1. The van der Waals surface area contributed by atoms with Gasteiger partial charge in [-0.2, -0.15) is 4.98 Å². The molecular formula is C30H38N15O20P3. The number of aliphatic hydroxyl groups excluding tert-OH is 4. The van der Waals surface area contributed by atoms with Gasteiger partial charge in [-0.15, -0.1) is 0 Å². The molecule has 0 aromatic carbocycles. The van der Waals surface area contributed by atoms with Crippen molar-refractivity contribution >= 4 is 74.5 Å². The zero-order valence-corrected chi connectivity index (χ0v) is 36.6. The zero-order chi connectivity index (χ0) is 48.6. The van der Waals surface area contributed by atoms with Crippen molar-refractivity contribution in [2.24, 2.45) is 0 Å². The molecule has 3 fully saturated rings. The lowest BCUT2D eigenvalue weighted by Gasteiger charge is -2.25. The zero-order valence-electron chi connectivity index (χ0n) is 33.9. The number of imidazole rings is 3. The van der Waals surface area contributed by atoms with Crippen LogP contribution in [0.15, 0.2) is 36.4 Å². The summed E-state index contributed by atoms with van der Waals surface area (Å²) in [4.78, 5) is 87.9. The number of fused-ring (bicyclic) bond motifs is 3. The summed E-state index contributed by atoms with van der Waals surface area (Å²) < 4.78 is 85.6. The second kappa shape index (κ2) is 18.0. The molecule has 9 heterocycles. The summed E-state index contributed by atoms with van der Waals surface area (Å²) in [5, 5.41) is 44.1. The summed E-state index contributed by atoms with van der Waals surface area (Å²) >= 11 is 0. The average Bonchev–Trinajstić information content (AvgIpc) is 4.13. The lowest BCUT2D eigenvalue weighted by atomic mass is 10.1. The molecule has 3 aliphatic rings. The Morgan fingerprint density at radius 2 is 1.07 bits per heavy atom. The molecule has 6 aromatic heterocycles. The highest BCUT2D eigenvalue weighted by Gasteiger charge is 2.54. The molecular weight excluding hydrogens is 983 g/mol. The Hall–Kier alpha value is -5.10. The van der Waals surface area contributed by atoms with Gasteiger partial charge in [-0.05, 0) is 0 Å². The minimum absolute atomic E-state index is 0.00779. The molecule has 15 N–H and O–H groups in total. The molecule has 68 heavy (non-hydrogen) atoms. The van der Waals surface area contributed by atoms with Crippen LogP contribution in [0.25, 0.3) is 33.5 Å². The fraction of sp³-hybridized carbons (Fsp3) is 0.500. The maximum Gasteiger partial charge on any atom is 0.472 e. The number of rotatable bonds is 16. The Balaban J connectivity index is 0.935. The number of aromatic nitrogens is 12. The normalized spacial score (nSPS) is 30.7. The first-order chi connectivity index (χ1) is 32.1. The number of phosphoric ester groups is 3. The molecule has 0 bridgehead atoms. The number of phosphoric acid groups is 3. The van der Waals surface area contributed by atoms with E-state index in [0.717, 1.165) is 34.4 Å². The molecule has 38 heteroatoms. The third-order valence-corrected chi connectivity index (χ3v) is 13.2. The van der Waals surface area contributed by atoms with Gasteiger partial charge in [-0.1, -0.05) is 0 Å². The topological polar surface area (TPSA) is 516 Å². The number of hydrogen-bond donors (Lipinski definition) is 12. The van der Waals surface area contributed by atoms with Crippen LogP contribution in [0.2, 0.25) is 0 Å². The molecule has 0 amide bonds. The molecule has 35 nitrogen and oxygen atoms in total. The molecule has 9 rings (SSSR count). The van der Waals surface area contributed by atoms with Crippen molar-refractivity contribution in [1.29, 1.82) is 0 Å². The molecule has 3 aliphatic heterocycles. The number of nitrogens with one attached hydrogen (secondary N) is 1. The largest absolute Gasteiger partial charge is 0.472 e. The van der Waals surface area contributed by atoms with Gasteiger partial charge >= 0.3 is 23.5 Å². The van der Waals surface area contributed by atoms with Crippen LogP contribution in [0, 0.1) is 0 Å². The second-order valence-electron chi connectivity index (χ2n) is 15.0. The Kier molecular flexibility index (Phi) is 12.7. The molecule has 0 saturated carbocycles. The molecule has 3 saturated heterocycles. The highest BCUT2D eigenvalue weighted by atomic mass is 31.2. The number of nitrogens with two attached hydrogens (primary N) is 3. The second-order valence-corrected chi connectivity index (χ2v) is 19.0. The standard InChI is InChI=1S/C30H38N15O20P3/c31-21-12-23(36-4-34-21)43(6-38-12)27-16(48)18(9(1-46)60-27)64-68(56,57)59-3-11-19(17(49)28(62-11)45-8-40-14-25(45)41-30(33)42-26(14)50)65-67(54,55)58-2-10-15(47)20(63-66(51,52)53)29(61-10)44-7-39-13-22(32)35-5-37-24(13)44/h4-11,15-20,27-29,46-49H,1-3H2,(H,54,55)(H,56,57)(H2,31,34,36)(H2,32,35,37)(H2,51,52,53)(H3,33,41,42,50)/t9-,10-,11-,15-,16-,17-,18-,19-,20-,27-,28-,29-/m1/s1. The van der Waals surface area contributed by atoms with Crippen molar-refractivity contribution in [2.45, 2.75) is 73.6 Å². The van der Waals surface area contributed by atoms with E-state index in [2.05, 4.69) is 44.9 Å². The van der Waals surface area contributed by atoms with Crippen molar-refractivity contribution in [3.63, 3.8) is 0 Å². The van der Waals surface area contributed by atoms with E-state index < -0.39 is 122 Å². The van der Waals surface area contributed by atoms with Gasteiger partial charge in [0.1, 0.15) is 78.6 Å². The van der Waals surface area contributed by atoms with Crippen molar-refractivity contribution in [1.82, 2.24) is 58.6 Å². The van der Waals surface area contributed by atoms with Gasteiger partial charge in [0, 0.05) is 0 Å². The van der Waals surface area contributed by atoms with Crippen LogP contribution in [0.4, 0.5) is 17.6 Å². The third kappa shape index (κ3) is 9.11. The summed E-state index contributed by atoms with van der Waals surface area (Å²) in [7, 11) is -16.3. The van der Waals surface area contributed by atoms with E-state index in [9.17, 15) is 58.5 Å². The van der Waals surface area contributed by atoms with Crippen LogP contribution >= 0.6 is 23.5 Å². The van der Waals surface area contributed by atoms with Crippen LogP contribution in [-0.2, 0) is 50.5 Å². The summed E-state index contributed by atoms with van der Waals surface area (Å²) in [6.07, 6.45) is -15.9. The molecule has 368 valence electrons. The predicted molar refractivity (Wildman–Crippen MR) is 217 cm³/mol. The molecule has 0 spiro atoms. The minimum Gasteiger partial charge on any atom is -0.394 e. The number of nitrogen functional groups attached to an aromatic ring is 3. The molecule has 0 radical (unpaired) electrons. The molecule has 0 aliphatic carbocycles. The van der Waals surface area contributed by atoms with Gasteiger partial charge in [0.25, 0.3) is 5.56 Å². The summed E-state index contributed by atoms with van der Waals surface area (Å²) in [5.74, 6) is -0.478. The molecule has 2 unspecified atom stereocenters. The quantitative estimate of drug-likeness (QED) is 0.0409. The maximum atomic E-state index is 13.7. The smallest absolute Gasteiger partial charge is 0.394 e. The van der Waals surface area contributed by atoms with E-state index in [1.54, 1.807) is 0 Å². The van der Waals surface area contributed by atoms with Gasteiger partial charge in [-0.25, -0.2) is 48.6 Å². The Bertz CT molecular complexity index is 3060. The van der Waals surface area contributed by atoms with Crippen LogP contribution in [0.5, 0.6) is 0 Å². The van der Waals surface area contributed by atoms with Crippen LogP contribution in [0.3, 0.4) is 0 Å². The number of hydrogen-bond acceptors (Lipinski definition) is 27. The SMILES string of the molecule is Nc1nc2c(ncn2[C@@H]2O[C@H](COP(=O)(O)O[C@H]3[C@@H](O)[C@H](n4cnc5c(N)ncnc54)O[C@@H]3CO)[C@@H](OP(=O)(O)OC[C@H]3O[C@@H](n4cnc5c(N)ncnc54)[C@H](OP(=O)(O)O)[C@@H]3O)[C@H]2O)c(=O)[nH]1. The van der Waals surface area contributed by atoms with Crippen LogP contribution in [-0.4, -0.2) is 173 Å². The first kappa shape index (κ1) is 47.9. The van der Waals surface area contributed by atoms with E-state index in [4.69, 9.17) is 54.0 Å². The number of aliphatic hydroxyl groups is 4. The third-order valence-electron chi connectivity index (χ3n) is 10.7. The maximum absolute atomic E-state index is 13.7. The monoisotopic (exact) mass is 1020 g/mol. The minimum atomic E-state index is -5.53. The first-order valence-corrected chi connectivity index (χ1v) is 23.9. The fourth-order valence-electron chi connectivity index (χ4n) is 7.74. The van der Waals surface area contributed by atoms with E-state index in [-0.39, 0.29) is 51.1 Å². The van der Waals surface area contributed by atoms with Crippen molar-refractivity contribution < 1.29 is 90.5 Å². The van der Waals surface area contributed by atoms with Crippen LogP contribution < -0.4 is 22.8 Å². The van der Waals surface area contributed by atoms with E-state index in [1.165, 1.54) is 10.9 Å². The highest BCUT2D eigenvalue weighted by molar-refractivity contribution is 7.47. The number of ether oxygens (including phenoxy) is 3. The van der Waals surface area contributed by atoms with Crippen molar-refractivity contribution in [3.05, 3.63) is 42.0 Å². The van der Waals surface area contributed by atoms with E-state index in [0.29, 0.717) is 0 Å². The number of H-pyrrole nitrogens is 1. The van der Waals surface area contributed by atoms with Gasteiger partial charge in [-0.3, -0.25) is 46.1 Å². The summed E-state index contributed by atoms with van der Waals surface area (Å²) in [6.45, 7) is -3.04. The van der Waals surface area contributed by atoms with Crippen molar-refractivity contribution in [3.8, 4) is 0 Å². The van der Waals surface area contributed by atoms with Gasteiger partial charge in [0.2, 0.25) is 5.95 Å². The predicted octanol–water partition coefficient (Wildman–Crippen LogP) is -4.20. The van der Waals surface area contributed by atoms with Gasteiger partial charge in [0.05, 0.1) is 38.8 Å². The van der Waals surface area contributed by atoms with Gasteiger partial charge in [0.15, 0.2) is 52.8 Å². The molecule has 14 atom stereocenters. The van der Waals surface area contributed by atoms with Crippen LogP contribution in [0.1, 0.15) is 18.7 Å².